The van der Waals surface area contributed by atoms with Gasteiger partial charge in [-0.3, -0.25) is 4.79 Å². The van der Waals surface area contributed by atoms with E-state index in [1.54, 1.807) is 0 Å². The smallest absolute Gasteiger partial charge is 0.325 e. The van der Waals surface area contributed by atoms with Crippen LogP contribution in [0.25, 0.3) is 10.9 Å². The van der Waals surface area contributed by atoms with Crippen LogP contribution in [-0.4, -0.2) is 28.4 Å². The van der Waals surface area contributed by atoms with Crippen molar-refractivity contribution in [1.82, 2.24) is 4.98 Å². The van der Waals surface area contributed by atoms with Crippen LogP contribution in [0.2, 0.25) is 0 Å². The lowest BCUT2D eigenvalue weighted by Crippen LogP contribution is -2.46. The number of carbonyl (C=O) groups excluding carboxylic acids is 1. The summed E-state index contributed by atoms with van der Waals surface area (Å²) in [5.74, 6) is 4.95. The molecule has 0 spiro atoms. The molecule has 0 radical (unpaired) electrons. The number of aliphatic hydroxyl groups is 1. The predicted molar refractivity (Wildman–Crippen MR) is 133 cm³/mol. The number of aliphatic hydroxyl groups excluding tert-OH is 1. The summed E-state index contributed by atoms with van der Waals surface area (Å²) in [5.41, 5.74) is 8.24. The van der Waals surface area contributed by atoms with Crippen LogP contribution in [-0.2, 0) is 16.0 Å². The number of nitrogens with two attached hydrogens (primary N) is 1. The van der Waals surface area contributed by atoms with E-state index >= 15 is 0 Å². The van der Waals surface area contributed by atoms with Gasteiger partial charge in [-0.05, 0) is 98.5 Å². The summed E-state index contributed by atoms with van der Waals surface area (Å²) < 4.78 is 5.54. The van der Waals surface area contributed by atoms with Crippen LogP contribution in [0, 0.1) is 41.4 Å². The highest BCUT2D eigenvalue weighted by atomic mass is 16.6. The third-order valence-corrected chi connectivity index (χ3v) is 10.2. The number of aromatic amines is 1. The number of benzene rings is 1. The number of hydrogen-bond acceptors (Lipinski definition) is 4. The van der Waals surface area contributed by atoms with E-state index in [-0.39, 0.29) is 5.92 Å². The molecular weight excluding hydrogens is 424 g/mol. The zero-order valence-electron chi connectivity index (χ0n) is 20.2. The second kappa shape index (κ2) is 9.31. The molecule has 0 saturated heterocycles. The van der Waals surface area contributed by atoms with Gasteiger partial charge in [0.05, 0.1) is 0 Å². The quantitative estimate of drug-likeness (QED) is 0.421. The van der Waals surface area contributed by atoms with Gasteiger partial charge in [-0.1, -0.05) is 31.0 Å². The number of nitrogens with one attached hydrogen (secondary N) is 1. The average Bonchev–Trinajstić information content (AvgIpc) is 3.50. The summed E-state index contributed by atoms with van der Waals surface area (Å²) in [4.78, 5) is 15.9. The molecule has 1 aromatic heterocycles. The Labute approximate surface area is 202 Å². The summed E-state index contributed by atoms with van der Waals surface area (Å²) in [5, 5.41) is 11.9. The summed E-state index contributed by atoms with van der Waals surface area (Å²) in [6, 6.07) is 7.22. The molecule has 6 rings (SSSR count). The van der Waals surface area contributed by atoms with Crippen molar-refractivity contribution in [2.45, 2.75) is 83.0 Å². The minimum Gasteiger partial charge on any atom is -0.434 e. The summed E-state index contributed by atoms with van der Waals surface area (Å²) >= 11 is 0. The molecule has 1 heterocycles. The van der Waals surface area contributed by atoms with E-state index in [0.717, 1.165) is 58.9 Å². The molecule has 3 unspecified atom stereocenters. The predicted octanol–water partition coefficient (Wildman–Crippen LogP) is 5.17. The second-order valence-corrected chi connectivity index (χ2v) is 11.8. The third-order valence-electron chi connectivity index (χ3n) is 10.2. The number of para-hydroxylation sites is 1. The standard InChI is InChI=1S/C29H40N2O3/c30-26(15-20-16-31-27-7-2-1-5-23(20)27)29(33)34-28(32)19-10-11-22-18(14-19)9-13-24-21-6-3-4-17(21)8-12-25(22)24/h1-2,5,7,16-19,21-22,24-26,28,31-32H,3-4,6,8-15,30H2/t17-,18?,19?,21+,22-,24-,25+,26-,28?/m0/s1. The Morgan fingerprint density at radius 2 is 1.71 bits per heavy atom. The van der Waals surface area contributed by atoms with Crippen LogP contribution in [0.1, 0.15) is 69.8 Å². The van der Waals surface area contributed by atoms with Gasteiger partial charge in [0.15, 0.2) is 0 Å². The molecule has 4 saturated carbocycles. The molecule has 5 heteroatoms. The first-order valence-corrected chi connectivity index (χ1v) is 13.8. The van der Waals surface area contributed by atoms with E-state index in [1.165, 1.54) is 51.4 Å². The van der Waals surface area contributed by atoms with Crippen molar-refractivity contribution in [3.8, 4) is 0 Å². The summed E-state index contributed by atoms with van der Waals surface area (Å²) in [6.45, 7) is 0. The molecule has 0 bridgehead atoms. The Kier molecular flexibility index (Phi) is 6.19. The van der Waals surface area contributed by atoms with Crippen LogP contribution in [0.5, 0.6) is 0 Å². The van der Waals surface area contributed by atoms with Crippen LogP contribution >= 0.6 is 0 Å². The fourth-order valence-corrected chi connectivity index (χ4v) is 8.69. The Balaban J connectivity index is 1.04. The fourth-order valence-electron chi connectivity index (χ4n) is 8.69. The van der Waals surface area contributed by atoms with Crippen LogP contribution in [0.4, 0.5) is 0 Å². The zero-order valence-corrected chi connectivity index (χ0v) is 20.2. The van der Waals surface area contributed by atoms with Gasteiger partial charge in [-0.25, -0.2) is 0 Å². The maximum absolute atomic E-state index is 12.7. The van der Waals surface area contributed by atoms with Gasteiger partial charge >= 0.3 is 5.97 Å². The van der Waals surface area contributed by atoms with E-state index in [4.69, 9.17) is 10.5 Å². The largest absolute Gasteiger partial charge is 0.434 e. The Hall–Kier alpha value is -1.85. The topological polar surface area (TPSA) is 88.3 Å². The molecule has 34 heavy (non-hydrogen) atoms. The van der Waals surface area contributed by atoms with Crippen LogP contribution in [0.15, 0.2) is 30.5 Å². The van der Waals surface area contributed by atoms with E-state index < -0.39 is 18.3 Å². The highest BCUT2D eigenvalue weighted by Gasteiger charge is 2.50. The summed E-state index contributed by atoms with van der Waals surface area (Å²) in [6.07, 6.45) is 14.4. The third kappa shape index (κ3) is 4.09. The van der Waals surface area contributed by atoms with E-state index in [9.17, 15) is 9.90 Å². The number of carbonyl (C=O) groups is 1. The van der Waals surface area contributed by atoms with Crippen molar-refractivity contribution in [2.75, 3.05) is 0 Å². The molecule has 1 aromatic carbocycles. The van der Waals surface area contributed by atoms with Crippen LogP contribution in [0.3, 0.4) is 0 Å². The number of fused-ring (bicyclic) bond motifs is 6. The highest BCUT2D eigenvalue weighted by Crippen LogP contribution is 2.58. The maximum atomic E-state index is 12.7. The van der Waals surface area contributed by atoms with Crippen molar-refractivity contribution in [2.24, 2.45) is 47.2 Å². The van der Waals surface area contributed by atoms with Gasteiger partial charge < -0.3 is 20.6 Å². The zero-order chi connectivity index (χ0) is 23.2. The number of rotatable bonds is 5. The molecule has 184 valence electrons. The first-order chi connectivity index (χ1) is 16.6. The second-order valence-electron chi connectivity index (χ2n) is 11.8. The fraction of sp³-hybridized carbons (Fsp3) is 0.690. The number of esters is 1. The molecule has 4 aliphatic carbocycles. The number of hydrogen-bond donors (Lipinski definition) is 3. The SMILES string of the molecule is N[C@@H](Cc1c[nH]c2ccccc12)C(=O)OC(O)C1CC[C@H]2C(CC[C@H]3[C@@H]4CCC[C@H]4CC[C@@H]32)C1. The normalized spacial score (nSPS) is 36.8. The van der Waals surface area contributed by atoms with Crippen molar-refractivity contribution < 1.29 is 14.6 Å². The van der Waals surface area contributed by atoms with Gasteiger partial charge in [0.25, 0.3) is 0 Å². The molecule has 5 nitrogen and oxygen atoms in total. The monoisotopic (exact) mass is 464 g/mol. The summed E-state index contributed by atoms with van der Waals surface area (Å²) in [7, 11) is 0. The number of ether oxygens (including phenoxy) is 1. The Morgan fingerprint density at radius 1 is 0.971 bits per heavy atom. The van der Waals surface area contributed by atoms with E-state index in [1.807, 2.05) is 30.5 Å². The Morgan fingerprint density at radius 3 is 2.56 bits per heavy atom. The van der Waals surface area contributed by atoms with Gasteiger partial charge in [0.2, 0.25) is 6.29 Å². The highest BCUT2D eigenvalue weighted by molar-refractivity contribution is 5.84. The average molecular weight is 465 g/mol. The van der Waals surface area contributed by atoms with Crippen molar-refractivity contribution in [1.29, 1.82) is 0 Å². The molecule has 0 amide bonds. The lowest BCUT2D eigenvalue weighted by molar-refractivity contribution is -0.185. The van der Waals surface area contributed by atoms with Crippen molar-refractivity contribution in [3.63, 3.8) is 0 Å². The molecule has 4 fully saturated rings. The van der Waals surface area contributed by atoms with E-state index in [0.29, 0.717) is 12.3 Å². The molecule has 2 aromatic rings. The molecule has 4 aliphatic rings. The lowest BCUT2D eigenvalue weighted by Gasteiger charge is -2.53. The molecule has 0 aliphatic heterocycles. The Bertz CT molecular complexity index is 1020. The molecule has 4 N–H and O–H groups in total. The van der Waals surface area contributed by atoms with Gasteiger partial charge in [-0.2, -0.15) is 0 Å². The van der Waals surface area contributed by atoms with Crippen molar-refractivity contribution >= 4 is 16.9 Å². The maximum Gasteiger partial charge on any atom is 0.325 e. The van der Waals surface area contributed by atoms with Crippen molar-refractivity contribution in [3.05, 3.63) is 36.0 Å². The number of aromatic nitrogens is 1. The minimum atomic E-state index is -1.04. The number of H-pyrrole nitrogens is 1. The first-order valence-electron chi connectivity index (χ1n) is 13.8. The van der Waals surface area contributed by atoms with Gasteiger partial charge in [0, 0.05) is 29.4 Å². The lowest BCUT2D eigenvalue weighted by atomic mass is 9.53. The molecular formula is C29H40N2O3. The van der Waals surface area contributed by atoms with E-state index in [2.05, 4.69) is 4.98 Å². The van der Waals surface area contributed by atoms with Crippen LogP contribution < -0.4 is 5.73 Å². The minimum absolute atomic E-state index is 0.0462. The first kappa shape index (κ1) is 22.6. The molecule has 9 atom stereocenters. The van der Waals surface area contributed by atoms with Gasteiger partial charge in [0.1, 0.15) is 6.04 Å². The van der Waals surface area contributed by atoms with Gasteiger partial charge in [-0.15, -0.1) is 0 Å².